The summed E-state index contributed by atoms with van der Waals surface area (Å²) in [4.78, 5) is 25.3. The number of Topliss-reactive ketones (excluding diaryl/α,β-unsaturated/α-hetero) is 1. The largest absolute Gasteiger partial charge is 0.503 e. The van der Waals surface area contributed by atoms with Crippen LogP contribution in [0.3, 0.4) is 0 Å². The molecule has 1 atom stereocenters. The first-order chi connectivity index (χ1) is 9.07. The van der Waals surface area contributed by atoms with Crippen molar-refractivity contribution >= 4 is 27.6 Å². The molecule has 1 aliphatic heterocycles. The number of hydrogen-bond acceptors (Lipinski definition) is 3. The van der Waals surface area contributed by atoms with Crippen molar-refractivity contribution in [3.63, 3.8) is 0 Å². The zero-order valence-corrected chi connectivity index (χ0v) is 12.1. The van der Waals surface area contributed by atoms with Crippen LogP contribution in [0.4, 0.5) is 0 Å². The van der Waals surface area contributed by atoms with Gasteiger partial charge < -0.3 is 10.0 Å². The number of alkyl halides is 1. The molecule has 1 aromatic carbocycles. The molecule has 0 saturated heterocycles. The molecule has 0 bridgehead atoms. The molecule has 19 heavy (non-hydrogen) atoms. The van der Waals surface area contributed by atoms with E-state index in [4.69, 9.17) is 0 Å². The number of amides is 1. The highest BCUT2D eigenvalue weighted by Gasteiger charge is 2.41. The van der Waals surface area contributed by atoms with Crippen LogP contribution in [0.25, 0.3) is 0 Å². The number of carbonyl (C=O) groups is 2. The average Bonchev–Trinajstić information content (AvgIpc) is 2.65. The van der Waals surface area contributed by atoms with Gasteiger partial charge in [-0.1, -0.05) is 46.3 Å². The number of benzene rings is 1. The summed E-state index contributed by atoms with van der Waals surface area (Å²) in [5, 5.41) is 10.5. The summed E-state index contributed by atoms with van der Waals surface area (Å²) < 4.78 is 0. The number of hydrogen-bond donors (Lipinski definition) is 1. The minimum absolute atomic E-state index is 0.178. The second-order valence-corrected chi connectivity index (χ2v) is 5.11. The van der Waals surface area contributed by atoms with Gasteiger partial charge in [0.05, 0.1) is 11.6 Å². The topological polar surface area (TPSA) is 57.6 Å². The van der Waals surface area contributed by atoms with Gasteiger partial charge in [-0.2, -0.15) is 0 Å². The quantitative estimate of drug-likeness (QED) is 0.865. The fraction of sp³-hybridized carbons (Fsp3) is 0.286. The molecule has 4 nitrogen and oxygen atoms in total. The Morgan fingerprint density at radius 1 is 1.37 bits per heavy atom. The van der Waals surface area contributed by atoms with Gasteiger partial charge >= 0.3 is 0 Å². The van der Waals surface area contributed by atoms with Crippen LogP contribution < -0.4 is 0 Å². The second-order valence-electron chi connectivity index (χ2n) is 4.32. The minimum Gasteiger partial charge on any atom is -0.503 e. The SMILES string of the molecule is CC(=O)C1=C(O)C(=O)N(CCBr)[C@@H]1c1ccccc1. The fourth-order valence-electron chi connectivity index (χ4n) is 2.32. The number of aliphatic hydroxyl groups excluding tert-OH is 1. The fourth-order valence-corrected chi connectivity index (χ4v) is 2.70. The normalized spacial score (nSPS) is 19.2. The van der Waals surface area contributed by atoms with Crippen LogP contribution in [0.5, 0.6) is 0 Å². The van der Waals surface area contributed by atoms with Crippen LogP contribution in [0.1, 0.15) is 18.5 Å². The zero-order valence-electron chi connectivity index (χ0n) is 10.5. The first-order valence-electron chi connectivity index (χ1n) is 5.94. The molecule has 5 heteroatoms. The van der Waals surface area contributed by atoms with E-state index in [1.165, 1.54) is 11.8 Å². The van der Waals surface area contributed by atoms with Crippen LogP contribution in [0.15, 0.2) is 41.7 Å². The molecule has 1 heterocycles. The third kappa shape index (κ3) is 2.42. The maximum Gasteiger partial charge on any atom is 0.290 e. The molecule has 1 aromatic rings. The van der Waals surface area contributed by atoms with E-state index in [1.807, 2.05) is 30.3 Å². The molecule has 0 spiro atoms. The third-order valence-electron chi connectivity index (χ3n) is 3.12. The van der Waals surface area contributed by atoms with Crippen LogP contribution >= 0.6 is 15.9 Å². The Kier molecular flexibility index (Phi) is 4.04. The van der Waals surface area contributed by atoms with Gasteiger partial charge in [0.25, 0.3) is 5.91 Å². The number of rotatable bonds is 4. The van der Waals surface area contributed by atoms with Crippen LogP contribution in [0.2, 0.25) is 0 Å². The van der Waals surface area contributed by atoms with Gasteiger partial charge in [0.2, 0.25) is 0 Å². The molecule has 0 radical (unpaired) electrons. The second kappa shape index (κ2) is 5.57. The number of halogens is 1. The third-order valence-corrected chi connectivity index (χ3v) is 3.48. The van der Waals surface area contributed by atoms with E-state index in [0.29, 0.717) is 11.9 Å². The lowest BCUT2D eigenvalue weighted by atomic mass is 9.97. The van der Waals surface area contributed by atoms with Gasteiger partial charge in [-0.25, -0.2) is 0 Å². The number of ketones is 1. The van der Waals surface area contributed by atoms with Crippen molar-refractivity contribution in [2.45, 2.75) is 13.0 Å². The number of aliphatic hydroxyl groups is 1. The summed E-state index contributed by atoms with van der Waals surface area (Å²) in [5.41, 5.74) is 1.00. The lowest BCUT2D eigenvalue weighted by Crippen LogP contribution is -2.32. The predicted molar refractivity (Wildman–Crippen MR) is 75.0 cm³/mol. The van der Waals surface area contributed by atoms with Gasteiger partial charge in [-0.05, 0) is 12.5 Å². The molecule has 0 aromatic heterocycles. The molecule has 0 unspecified atom stereocenters. The van der Waals surface area contributed by atoms with Gasteiger partial charge in [0.15, 0.2) is 11.5 Å². The zero-order chi connectivity index (χ0) is 14.0. The van der Waals surface area contributed by atoms with Crippen molar-refractivity contribution in [2.24, 2.45) is 0 Å². The van der Waals surface area contributed by atoms with Crippen molar-refractivity contribution < 1.29 is 14.7 Å². The Bertz CT molecular complexity index is 539. The maximum atomic E-state index is 12.0. The monoisotopic (exact) mass is 323 g/mol. The van der Waals surface area contributed by atoms with E-state index < -0.39 is 17.7 Å². The van der Waals surface area contributed by atoms with E-state index in [-0.39, 0.29) is 11.4 Å². The van der Waals surface area contributed by atoms with Gasteiger partial charge in [-0.15, -0.1) is 0 Å². The summed E-state index contributed by atoms with van der Waals surface area (Å²) in [6.45, 7) is 1.80. The van der Waals surface area contributed by atoms with E-state index in [0.717, 1.165) is 5.56 Å². The van der Waals surface area contributed by atoms with Gasteiger partial charge in [0, 0.05) is 11.9 Å². The maximum absolute atomic E-state index is 12.0. The smallest absolute Gasteiger partial charge is 0.290 e. The average molecular weight is 324 g/mol. The molecule has 1 aliphatic rings. The van der Waals surface area contributed by atoms with Gasteiger partial charge in [0.1, 0.15) is 0 Å². The van der Waals surface area contributed by atoms with Crippen LogP contribution in [-0.2, 0) is 9.59 Å². The molecular formula is C14H14BrNO3. The Labute approximate surface area is 119 Å². The van der Waals surface area contributed by atoms with E-state index in [2.05, 4.69) is 15.9 Å². The lowest BCUT2D eigenvalue weighted by molar-refractivity contribution is -0.129. The standard InChI is InChI=1S/C14H14BrNO3/c1-9(17)11-12(10-5-3-2-4-6-10)16(8-7-15)14(19)13(11)18/h2-6,12,18H,7-8H2,1H3/t12-/m1/s1. The molecule has 0 aliphatic carbocycles. The molecule has 0 saturated carbocycles. The first kappa shape index (κ1) is 13.8. The number of carbonyl (C=O) groups excluding carboxylic acids is 2. The highest BCUT2D eigenvalue weighted by molar-refractivity contribution is 9.09. The summed E-state index contributed by atoms with van der Waals surface area (Å²) in [5.74, 6) is -1.20. The van der Waals surface area contributed by atoms with Crippen LogP contribution in [0, 0.1) is 0 Å². The Morgan fingerprint density at radius 2 is 2.00 bits per heavy atom. The Balaban J connectivity index is 2.51. The summed E-state index contributed by atoms with van der Waals surface area (Å²) in [6.07, 6.45) is 0. The Morgan fingerprint density at radius 3 is 2.53 bits per heavy atom. The van der Waals surface area contributed by atoms with Crippen molar-refractivity contribution in [3.8, 4) is 0 Å². The summed E-state index contributed by atoms with van der Waals surface area (Å²) >= 11 is 3.28. The van der Waals surface area contributed by atoms with E-state index in [9.17, 15) is 14.7 Å². The minimum atomic E-state index is -0.497. The van der Waals surface area contributed by atoms with Crippen molar-refractivity contribution in [2.75, 3.05) is 11.9 Å². The highest BCUT2D eigenvalue weighted by atomic mass is 79.9. The molecular weight excluding hydrogens is 310 g/mol. The molecule has 0 fully saturated rings. The van der Waals surface area contributed by atoms with Crippen LogP contribution in [-0.4, -0.2) is 33.6 Å². The molecule has 2 rings (SSSR count). The number of nitrogens with zero attached hydrogens (tertiary/aromatic N) is 1. The summed E-state index contributed by atoms with van der Waals surface area (Å²) in [7, 11) is 0. The van der Waals surface area contributed by atoms with E-state index >= 15 is 0 Å². The summed E-state index contributed by atoms with van der Waals surface area (Å²) in [6, 6.07) is 8.76. The molecule has 100 valence electrons. The van der Waals surface area contributed by atoms with Gasteiger partial charge in [-0.3, -0.25) is 9.59 Å². The van der Waals surface area contributed by atoms with Crippen molar-refractivity contribution in [1.82, 2.24) is 4.90 Å². The Hall–Kier alpha value is -1.62. The first-order valence-corrected chi connectivity index (χ1v) is 7.06. The van der Waals surface area contributed by atoms with Crippen molar-refractivity contribution in [3.05, 3.63) is 47.2 Å². The van der Waals surface area contributed by atoms with E-state index in [1.54, 1.807) is 0 Å². The van der Waals surface area contributed by atoms with Crippen molar-refractivity contribution in [1.29, 1.82) is 0 Å². The molecule has 1 amide bonds. The lowest BCUT2D eigenvalue weighted by Gasteiger charge is -2.25. The predicted octanol–water partition coefficient (Wildman–Crippen LogP) is 2.37. The highest BCUT2D eigenvalue weighted by Crippen LogP contribution is 2.37. The molecule has 1 N–H and O–H groups in total.